The summed E-state index contributed by atoms with van der Waals surface area (Å²) in [7, 11) is -4.04. The standard InChI is InChI=1S/C10H12FNO5S/c1-6-3-8(11)4-7(2)10(6)18(15,16)12-17-5-9(13)14/h3-4,12H,5H2,1-2H3,(H,13,14). The average molecular weight is 277 g/mol. The van der Waals surface area contributed by atoms with E-state index in [1.165, 1.54) is 13.8 Å². The molecule has 0 spiro atoms. The van der Waals surface area contributed by atoms with Crippen molar-refractivity contribution >= 4 is 16.0 Å². The van der Waals surface area contributed by atoms with E-state index in [1.807, 2.05) is 0 Å². The zero-order valence-corrected chi connectivity index (χ0v) is 10.5. The van der Waals surface area contributed by atoms with Gasteiger partial charge >= 0.3 is 5.97 Å². The van der Waals surface area contributed by atoms with Gasteiger partial charge in [-0.25, -0.2) is 17.6 Å². The maximum Gasteiger partial charge on any atom is 0.331 e. The van der Waals surface area contributed by atoms with E-state index in [4.69, 9.17) is 5.11 Å². The van der Waals surface area contributed by atoms with E-state index in [1.54, 1.807) is 4.89 Å². The molecule has 0 aromatic heterocycles. The Balaban J connectivity index is 3.02. The SMILES string of the molecule is Cc1cc(F)cc(C)c1S(=O)(=O)NOCC(=O)O. The summed E-state index contributed by atoms with van der Waals surface area (Å²) in [6, 6.07) is 2.14. The van der Waals surface area contributed by atoms with Crippen molar-refractivity contribution in [2.24, 2.45) is 0 Å². The molecule has 1 rings (SSSR count). The highest BCUT2D eigenvalue weighted by atomic mass is 32.2. The molecule has 1 aromatic rings. The molecule has 0 radical (unpaired) electrons. The van der Waals surface area contributed by atoms with E-state index in [0.717, 1.165) is 12.1 Å². The minimum absolute atomic E-state index is 0.130. The van der Waals surface area contributed by atoms with Crippen LogP contribution in [0.3, 0.4) is 0 Å². The van der Waals surface area contributed by atoms with E-state index >= 15 is 0 Å². The first-order valence-corrected chi connectivity index (χ1v) is 6.34. The number of benzene rings is 1. The highest BCUT2D eigenvalue weighted by molar-refractivity contribution is 7.89. The van der Waals surface area contributed by atoms with Gasteiger partial charge in [0.25, 0.3) is 10.0 Å². The van der Waals surface area contributed by atoms with Gasteiger partial charge in [0.1, 0.15) is 5.82 Å². The van der Waals surface area contributed by atoms with Gasteiger partial charge in [-0.2, -0.15) is 0 Å². The summed E-state index contributed by atoms with van der Waals surface area (Å²) < 4.78 is 36.7. The lowest BCUT2D eigenvalue weighted by Gasteiger charge is -2.11. The van der Waals surface area contributed by atoms with Gasteiger partial charge in [-0.1, -0.05) is 4.89 Å². The summed E-state index contributed by atoms with van der Waals surface area (Å²) in [6.07, 6.45) is 0. The number of carbonyl (C=O) groups is 1. The molecule has 0 saturated heterocycles. The van der Waals surface area contributed by atoms with Crippen LogP contribution < -0.4 is 4.89 Å². The molecule has 0 unspecified atom stereocenters. The normalized spacial score (nSPS) is 11.5. The lowest BCUT2D eigenvalue weighted by molar-refractivity contribution is -0.143. The second-order valence-corrected chi connectivity index (χ2v) is 5.22. The van der Waals surface area contributed by atoms with Crippen molar-refractivity contribution in [2.75, 3.05) is 6.61 Å². The molecule has 0 aliphatic heterocycles. The number of aryl methyl sites for hydroxylation is 2. The third kappa shape index (κ3) is 3.49. The fourth-order valence-corrected chi connectivity index (χ4v) is 2.79. The van der Waals surface area contributed by atoms with Crippen molar-refractivity contribution in [3.8, 4) is 0 Å². The zero-order valence-electron chi connectivity index (χ0n) is 9.73. The number of hydrogen-bond donors (Lipinski definition) is 2. The molecular formula is C10H12FNO5S. The third-order valence-electron chi connectivity index (χ3n) is 2.06. The van der Waals surface area contributed by atoms with Crippen molar-refractivity contribution in [3.63, 3.8) is 0 Å². The Labute approximate surface area is 103 Å². The molecule has 0 amide bonds. The molecule has 0 fully saturated rings. The molecule has 0 atom stereocenters. The van der Waals surface area contributed by atoms with Crippen LogP contribution in [0.5, 0.6) is 0 Å². The minimum Gasteiger partial charge on any atom is -0.479 e. The number of carboxylic acids is 1. The fourth-order valence-electron chi connectivity index (χ4n) is 1.53. The van der Waals surface area contributed by atoms with Gasteiger partial charge in [0.05, 0.1) is 4.90 Å². The lowest BCUT2D eigenvalue weighted by Crippen LogP contribution is -2.28. The van der Waals surface area contributed by atoms with Gasteiger partial charge in [0.15, 0.2) is 6.61 Å². The Bertz CT molecular complexity index is 547. The van der Waals surface area contributed by atoms with Gasteiger partial charge in [-0.05, 0) is 37.1 Å². The molecule has 0 aliphatic carbocycles. The number of rotatable bonds is 5. The number of hydrogen-bond acceptors (Lipinski definition) is 4. The highest BCUT2D eigenvalue weighted by Crippen LogP contribution is 2.21. The van der Waals surface area contributed by atoms with E-state index in [0.29, 0.717) is 0 Å². The number of aliphatic carboxylic acids is 1. The number of sulfonamides is 1. The van der Waals surface area contributed by atoms with Gasteiger partial charge < -0.3 is 5.11 Å². The topological polar surface area (TPSA) is 92.7 Å². The maximum absolute atomic E-state index is 13.0. The molecular weight excluding hydrogens is 265 g/mol. The van der Waals surface area contributed by atoms with E-state index in [2.05, 4.69) is 4.84 Å². The first kappa shape index (κ1) is 14.6. The quantitative estimate of drug-likeness (QED) is 0.774. The van der Waals surface area contributed by atoms with Gasteiger partial charge in [0.2, 0.25) is 0 Å². The summed E-state index contributed by atoms with van der Waals surface area (Å²) in [5.41, 5.74) is 0.415. The monoisotopic (exact) mass is 277 g/mol. The summed E-state index contributed by atoms with van der Waals surface area (Å²) in [4.78, 5) is 16.1. The van der Waals surface area contributed by atoms with Crippen LogP contribution in [-0.4, -0.2) is 26.1 Å². The van der Waals surface area contributed by atoms with Crippen LogP contribution in [0.25, 0.3) is 0 Å². The van der Waals surface area contributed by atoms with Gasteiger partial charge in [0, 0.05) is 0 Å². The Morgan fingerprint density at radius 3 is 2.33 bits per heavy atom. The van der Waals surface area contributed by atoms with Crippen molar-refractivity contribution in [1.29, 1.82) is 0 Å². The molecule has 18 heavy (non-hydrogen) atoms. The smallest absolute Gasteiger partial charge is 0.331 e. The van der Waals surface area contributed by atoms with E-state index in [-0.39, 0.29) is 16.0 Å². The van der Waals surface area contributed by atoms with E-state index in [9.17, 15) is 17.6 Å². The van der Waals surface area contributed by atoms with Gasteiger partial charge in [-0.3, -0.25) is 4.84 Å². The lowest BCUT2D eigenvalue weighted by atomic mass is 10.1. The van der Waals surface area contributed by atoms with Crippen molar-refractivity contribution in [1.82, 2.24) is 4.89 Å². The second-order valence-electron chi connectivity index (χ2n) is 3.64. The molecule has 8 heteroatoms. The summed E-state index contributed by atoms with van der Waals surface area (Å²) in [5.74, 6) is -1.86. The van der Waals surface area contributed by atoms with Crippen molar-refractivity contribution in [3.05, 3.63) is 29.1 Å². The Hall–Kier alpha value is -1.51. The minimum atomic E-state index is -4.04. The summed E-state index contributed by atoms with van der Waals surface area (Å²) in [6.45, 7) is 2.06. The van der Waals surface area contributed by atoms with Crippen LogP contribution in [-0.2, 0) is 19.7 Å². The molecule has 0 bridgehead atoms. The molecule has 0 saturated carbocycles. The molecule has 0 aliphatic rings. The van der Waals surface area contributed by atoms with Crippen LogP contribution >= 0.6 is 0 Å². The summed E-state index contributed by atoms with van der Waals surface area (Å²) >= 11 is 0. The number of carboxylic acid groups (broad SMARTS) is 1. The van der Waals surface area contributed by atoms with Crippen LogP contribution in [0.15, 0.2) is 17.0 Å². The van der Waals surface area contributed by atoms with Crippen LogP contribution in [0, 0.1) is 19.7 Å². The number of halogens is 1. The fraction of sp³-hybridized carbons (Fsp3) is 0.300. The van der Waals surface area contributed by atoms with E-state index < -0.39 is 28.4 Å². The molecule has 1 aromatic carbocycles. The predicted molar refractivity (Wildman–Crippen MR) is 59.8 cm³/mol. The van der Waals surface area contributed by atoms with Gasteiger partial charge in [-0.15, -0.1) is 0 Å². The van der Waals surface area contributed by atoms with Crippen LogP contribution in [0.4, 0.5) is 4.39 Å². The molecule has 2 N–H and O–H groups in total. The molecule has 6 nitrogen and oxygen atoms in total. The average Bonchev–Trinajstić information content (AvgIpc) is 2.13. The largest absolute Gasteiger partial charge is 0.479 e. The molecule has 0 heterocycles. The Morgan fingerprint density at radius 1 is 1.39 bits per heavy atom. The third-order valence-corrected chi connectivity index (χ3v) is 3.58. The highest BCUT2D eigenvalue weighted by Gasteiger charge is 2.20. The predicted octanol–water partition coefficient (Wildman–Crippen LogP) is 0.737. The first-order chi connectivity index (χ1) is 8.24. The number of nitrogens with one attached hydrogen (secondary N) is 1. The van der Waals surface area contributed by atoms with Crippen molar-refractivity contribution < 1.29 is 27.5 Å². The Kier molecular flexibility index (Phi) is 4.38. The summed E-state index contributed by atoms with van der Waals surface area (Å²) in [5, 5.41) is 8.32. The van der Waals surface area contributed by atoms with Crippen LogP contribution in [0.1, 0.15) is 11.1 Å². The Morgan fingerprint density at radius 2 is 1.89 bits per heavy atom. The maximum atomic E-state index is 13.0. The zero-order chi connectivity index (χ0) is 13.9. The van der Waals surface area contributed by atoms with Crippen LogP contribution in [0.2, 0.25) is 0 Å². The molecule has 100 valence electrons. The first-order valence-electron chi connectivity index (χ1n) is 4.86. The van der Waals surface area contributed by atoms with Crippen molar-refractivity contribution in [2.45, 2.75) is 18.7 Å². The second kappa shape index (κ2) is 5.42.